The number of amides is 1. The number of fused-ring (bicyclic) bond motifs is 1. The molecule has 0 bridgehead atoms. The molecular weight excluding hydrogens is 256 g/mol. The van der Waals surface area contributed by atoms with Crippen molar-refractivity contribution in [3.8, 4) is 22.9 Å². The first-order valence-corrected chi connectivity index (χ1v) is 6.09. The SMILES string of the molecule is CC1Oc2ccc(-c3c[nH]c(N)c3C#N)cc2NC1=O. The number of nitrogen functional groups attached to an aromatic ring is 1. The lowest BCUT2D eigenvalue weighted by atomic mass is 10.0. The molecule has 0 fully saturated rings. The highest BCUT2D eigenvalue weighted by molar-refractivity contribution is 5.98. The molecule has 20 heavy (non-hydrogen) atoms. The molecule has 1 aromatic heterocycles. The third-order valence-corrected chi connectivity index (χ3v) is 3.24. The number of anilines is 2. The molecule has 0 spiro atoms. The Bertz CT molecular complexity index is 742. The van der Waals surface area contributed by atoms with Crippen LogP contribution >= 0.6 is 0 Å². The Hall–Kier alpha value is -2.94. The maximum atomic E-state index is 11.6. The van der Waals surface area contributed by atoms with E-state index in [0.29, 0.717) is 28.4 Å². The van der Waals surface area contributed by atoms with Gasteiger partial charge in [0.1, 0.15) is 23.2 Å². The lowest BCUT2D eigenvalue weighted by Gasteiger charge is -2.23. The van der Waals surface area contributed by atoms with Gasteiger partial charge in [-0.15, -0.1) is 0 Å². The van der Waals surface area contributed by atoms with Crippen molar-refractivity contribution in [3.63, 3.8) is 0 Å². The molecule has 1 amide bonds. The maximum Gasteiger partial charge on any atom is 0.265 e. The molecule has 3 rings (SSSR count). The van der Waals surface area contributed by atoms with E-state index in [1.165, 1.54) is 0 Å². The third-order valence-electron chi connectivity index (χ3n) is 3.24. The molecule has 0 radical (unpaired) electrons. The number of carbonyl (C=O) groups is 1. The fraction of sp³-hybridized carbons (Fsp3) is 0.143. The van der Waals surface area contributed by atoms with Crippen LogP contribution in [0.2, 0.25) is 0 Å². The number of nitriles is 1. The van der Waals surface area contributed by atoms with Crippen molar-refractivity contribution < 1.29 is 9.53 Å². The van der Waals surface area contributed by atoms with Crippen molar-refractivity contribution in [2.45, 2.75) is 13.0 Å². The number of rotatable bonds is 1. The Labute approximate surface area is 115 Å². The highest BCUT2D eigenvalue weighted by atomic mass is 16.5. The summed E-state index contributed by atoms with van der Waals surface area (Å²) >= 11 is 0. The van der Waals surface area contributed by atoms with Gasteiger partial charge in [-0.3, -0.25) is 4.79 Å². The first-order valence-electron chi connectivity index (χ1n) is 6.09. The molecule has 1 aliphatic heterocycles. The molecule has 0 saturated heterocycles. The third kappa shape index (κ3) is 1.77. The van der Waals surface area contributed by atoms with E-state index in [1.807, 2.05) is 6.07 Å². The number of benzene rings is 1. The molecule has 6 nitrogen and oxygen atoms in total. The second-order valence-corrected chi connectivity index (χ2v) is 4.56. The van der Waals surface area contributed by atoms with Crippen molar-refractivity contribution in [1.82, 2.24) is 4.98 Å². The summed E-state index contributed by atoms with van der Waals surface area (Å²) < 4.78 is 5.49. The van der Waals surface area contributed by atoms with E-state index in [9.17, 15) is 4.79 Å². The first kappa shape index (κ1) is 12.1. The number of aromatic nitrogens is 1. The number of H-pyrrole nitrogens is 1. The Morgan fingerprint density at radius 1 is 1.45 bits per heavy atom. The van der Waals surface area contributed by atoms with Crippen LogP contribution in [0.5, 0.6) is 5.75 Å². The number of hydrogen-bond acceptors (Lipinski definition) is 4. The highest BCUT2D eigenvalue weighted by Gasteiger charge is 2.24. The Morgan fingerprint density at radius 2 is 2.25 bits per heavy atom. The standard InChI is InChI=1S/C14H12N4O2/c1-7-14(19)18-11-4-8(2-3-12(11)20-7)10-6-17-13(16)9(10)5-15/h2-4,6-7,17H,16H2,1H3,(H,18,19). The zero-order valence-electron chi connectivity index (χ0n) is 10.7. The van der Waals surface area contributed by atoms with E-state index in [2.05, 4.69) is 16.4 Å². The van der Waals surface area contributed by atoms with Gasteiger partial charge in [0.2, 0.25) is 0 Å². The molecule has 4 N–H and O–H groups in total. The quantitative estimate of drug-likeness (QED) is 0.734. The van der Waals surface area contributed by atoms with Gasteiger partial charge in [0.15, 0.2) is 6.10 Å². The van der Waals surface area contributed by atoms with Gasteiger partial charge in [-0.2, -0.15) is 5.26 Å². The molecule has 0 saturated carbocycles. The van der Waals surface area contributed by atoms with Crippen LogP contribution in [-0.4, -0.2) is 17.0 Å². The fourth-order valence-corrected chi connectivity index (χ4v) is 2.16. The minimum absolute atomic E-state index is 0.191. The maximum absolute atomic E-state index is 11.6. The zero-order valence-corrected chi connectivity index (χ0v) is 10.7. The summed E-state index contributed by atoms with van der Waals surface area (Å²) in [7, 11) is 0. The lowest BCUT2D eigenvalue weighted by molar-refractivity contribution is -0.122. The smallest absolute Gasteiger partial charge is 0.265 e. The molecular formula is C14H12N4O2. The second-order valence-electron chi connectivity index (χ2n) is 4.56. The van der Waals surface area contributed by atoms with Crippen molar-refractivity contribution in [2.24, 2.45) is 0 Å². The summed E-state index contributed by atoms with van der Waals surface area (Å²) in [6.07, 6.45) is 1.16. The zero-order chi connectivity index (χ0) is 14.3. The predicted molar refractivity (Wildman–Crippen MR) is 74.1 cm³/mol. The van der Waals surface area contributed by atoms with E-state index in [0.717, 1.165) is 5.56 Å². The van der Waals surface area contributed by atoms with E-state index >= 15 is 0 Å². The normalized spacial score (nSPS) is 16.8. The van der Waals surface area contributed by atoms with Crippen LogP contribution in [-0.2, 0) is 4.79 Å². The largest absolute Gasteiger partial charge is 0.479 e. The number of nitrogens with one attached hydrogen (secondary N) is 2. The van der Waals surface area contributed by atoms with Crippen LogP contribution in [0.4, 0.5) is 11.5 Å². The van der Waals surface area contributed by atoms with Gasteiger partial charge in [-0.1, -0.05) is 6.07 Å². The van der Waals surface area contributed by atoms with Crippen molar-refractivity contribution >= 4 is 17.4 Å². The van der Waals surface area contributed by atoms with E-state index in [4.69, 9.17) is 15.7 Å². The van der Waals surface area contributed by atoms with Crippen LogP contribution in [0.15, 0.2) is 24.4 Å². The summed E-state index contributed by atoms with van der Waals surface area (Å²) in [6.45, 7) is 1.69. The van der Waals surface area contributed by atoms with Crippen molar-refractivity contribution in [2.75, 3.05) is 11.1 Å². The van der Waals surface area contributed by atoms with Crippen LogP contribution in [0.3, 0.4) is 0 Å². The molecule has 2 aromatic rings. The minimum atomic E-state index is -0.508. The number of nitrogens with two attached hydrogens (primary N) is 1. The van der Waals surface area contributed by atoms with Crippen molar-refractivity contribution in [1.29, 1.82) is 5.26 Å². The fourth-order valence-electron chi connectivity index (χ4n) is 2.16. The monoisotopic (exact) mass is 268 g/mol. The van der Waals surface area contributed by atoms with Gasteiger partial charge >= 0.3 is 0 Å². The summed E-state index contributed by atoms with van der Waals surface area (Å²) in [4.78, 5) is 14.4. The van der Waals surface area contributed by atoms with Gasteiger partial charge in [0.05, 0.1) is 5.69 Å². The number of ether oxygens (including phenoxy) is 1. The summed E-state index contributed by atoms with van der Waals surface area (Å²) in [5.74, 6) is 0.751. The topological polar surface area (TPSA) is 104 Å². The second kappa shape index (κ2) is 4.31. The highest BCUT2D eigenvalue weighted by Crippen LogP contribution is 2.35. The summed E-state index contributed by atoms with van der Waals surface area (Å²) in [5.41, 5.74) is 8.16. The van der Waals surface area contributed by atoms with Gasteiger partial charge in [-0.05, 0) is 24.6 Å². The Kier molecular flexibility index (Phi) is 2.61. The number of nitrogens with zero attached hydrogens (tertiary/aromatic N) is 1. The molecule has 0 aliphatic carbocycles. The van der Waals surface area contributed by atoms with E-state index in [-0.39, 0.29) is 5.91 Å². The molecule has 1 unspecified atom stereocenters. The van der Waals surface area contributed by atoms with Crippen LogP contribution in [0, 0.1) is 11.3 Å². The van der Waals surface area contributed by atoms with Crippen LogP contribution < -0.4 is 15.8 Å². The van der Waals surface area contributed by atoms with Gasteiger partial charge in [0.25, 0.3) is 5.91 Å². The number of hydrogen-bond donors (Lipinski definition) is 3. The van der Waals surface area contributed by atoms with Gasteiger partial charge < -0.3 is 20.8 Å². The number of carbonyl (C=O) groups excluding carboxylic acids is 1. The first-order chi connectivity index (χ1) is 9.60. The molecule has 6 heteroatoms. The Balaban J connectivity index is 2.07. The molecule has 100 valence electrons. The van der Waals surface area contributed by atoms with Crippen LogP contribution in [0.1, 0.15) is 12.5 Å². The van der Waals surface area contributed by atoms with Gasteiger partial charge in [-0.25, -0.2) is 0 Å². The van der Waals surface area contributed by atoms with Crippen LogP contribution in [0.25, 0.3) is 11.1 Å². The minimum Gasteiger partial charge on any atom is -0.479 e. The molecule has 1 aliphatic rings. The average molecular weight is 268 g/mol. The van der Waals surface area contributed by atoms with Crippen molar-refractivity contribution in [3.05, 3.63) is 30.0 Å². The van der Waals surface area contributed by atoms with Gasteiger partial charge in [0, 0.05) is 11.8 Å². The van der Waals surface area contributed by atoms with E-state index < -0.39 is 6.10 Å². The molecule has 1 aromatic carbocycles. The average Bonchev–Trinajstić information content (AvgIpc) is 2.80. The lowest BCUT2D eigenvalue weighted by Crippen LogP contribution is -2.34. The van der Waals surface area contributed by atoms with E-state index in [1.54, 1.807) is 25.3 Å². The molecule has 2 heterocycles. The summed E-state index contributed by atoms with van der Waals surface area (Å²) in [6, 6.07) is 7.42. The number of aromatic amines is 1. The summed E-state index contributed by atoms with van der Waals surface area (Å²) in [5, 5.41) is 11.9. The predicted octanol–water partition coefficient (Wildman–Crippen LogP) is 1.85. The molecule has 1 atom stereocenters. The Morgan fingerprint density at radius 3 is 3.00 bits per heavy atom.